The molecule has 1 aromatic heterocycles. The number of methoxy groups -OCH3 is 1. The molecule has 2 atom stereocenters. The normalized spacial score (nSPS) is 19.4. The zero-order valence-electron chi connectivity index (χ0n) is 17.9. The van der Waals surface area contributed by atoms with Crippen molar-refractivity contribution in [3.05, 3.63) is 45.7 Å². The number of esters is 1. The zero-order valence-corrected chi connectivity index (χ0v) is 18.7. The average Bonchev–Trinajstić information content (AvgIpc) is 3.29. The van der Waals surface area contributed by atoms with Crippen molar-refractivity contribution < 1.29 is 28.2 Å². The number of carbonyl (C=O) groups is 2. The van der Waals surface area contributed by atoms with Crippen molar-refractivity contribution in [3.63, 3.8) is 0 Å². The smallest absolute Gasteiger partial charge is 0.348 e. The summed E-state index contributed by atoms with van der Waals surface area (Å²) in [5.74, 6) is 0.643. The number of allylic oxidation sites excluding steroid dienone is 1. The van der Waals surface area contributed by atoms with Gasteiger partial charge in [-0.2, -0.15) is 8.78 Å². The second-order valence-electron chi connectivity index (χ2n) is 7.23. The Morgan fingerprint density at radius 2 is 2.23 bits per heavy atom. The molecule has 168 valence electrons. The van der Waals surface area contributed by atoms with Gasteiger partial charge in [0.05, 0.1) is 19.3 Å². The molecule has 1 N–H and O–H groups in total. The molecule has 2 heterocycles. The van der Waals surface area contributed by atoms with Crippen LogP contribution in [0.1, 0.15) is 47.7 Å². The van der Waals surface area contributed by atoms with Gasteiger partial charge in [-0.05, 0) is 43.5 Å². The molecular weight excluding hydrogens is 424 g/mol. The van der Waals surface area contributed by atoms with Crippen molar-refractivity contribution in [2.75, 3.05) is 13.7 Å². The van der Waals surface area contributed by atoms with Crippen molar-refractivity contribution >= 4 is 23.2 Å². The lowest BCUT2D eigenvalue weighted by atomic mass is 10.1. The topological polar surface area (TPSA) is 66.8 Å². The molecule has 1 amide bonds. The second-order valence-corrected chi connectivity index (χ2v) is 8.40. The number of likely N-dealkylation sites (tertiary alicyclic amines) is 1. The number of carbonyl (C=O) groups excluding carboxylic acids is 2. The van der Waals surface area contributed by atoms with Crippen molar-refractivity contribution in [1.29, 1.82) is 0 Å². The third-order valence-corrected chi connectivity index (χ3v) is 6.00. The van der Waals surface area contributed by atoms with Crippen LogP contribution in [-0.4, -0.2) is 53.6 Å². The molecule has 0 aromatic carbocycles. The summed E-state index contributed by atoms with van der Waals surface area (Å²) in [6.45, 7) is 3.77. The number of rotatable bonds is 8. The van der Waals surface area contributed by atoms with E-state index in [0.29, 0.717) is 29.7 Å². The molecule has 5 nitrogen and oxygen atoms in total. The van der Waals surface area contributed by atoms with Gasteiger partial charge in [-0.25, -0.2) is 4.79 Å². The number of amides is 1. The number of thiophene rings is 1. The SMILES string of the molecule is CCC#C/C=C(\C)[C@@H](O)/C=C/[C@H]1CC(F)(F)C(=O)N1CCCc1ccc(C(=O)OC)s1. The summed E-state index contributed by atoms with van der Waals surface area (Å²) < 4.78 is 32.8. The highest BCUT2D eigenvalue weighted by Crippen LogP contribution is 2.34. The molecule has 0 radical (unpaired) electrons. The van der Waals surface area contributed by atoms with Crippen molar-refractivity contribution in [3.8, 4) is 11.8 Å². The van der Waals surface area contributed by atoms with E-state index in [0.717, 1.165) is 9.78 Å². The highest BCUT2D eigenvalue weighted by Gasteiger charge is 2.52. The van der Waals surface area contributed by atoms with Crippen LogP contribution in [-0.2, 0) is 16.0 Å². The molecule has 2 rings (SSSR count). The summed E-state index contributed by atoms with van der Waals surface area (Å²) in [5, 5.41) is 10.2. The van der Waals surface area contributed by atoms with E-state index in [4.69, 9.17) is 0 Å². The fourth-order valence-corrected chi connectivity index (χ4v) is 4.11. The summed E-state index contributed by atoms with van der Waals surface area (Å²) in [7, 11) is 1.31. The number of aliphatic hydroxyl groups is 1. The minimum absolute atomic E-state index is 0.155. The first-order valence-electron chi connectivity index (χ1n) is 10.1. The predicted molar refractivity (Wildman–Crippen MR) is 116 cm³/mol. The standard InChI is InChI=1S/C23H27F2NO4S/c1-4-5-6-8-16(2)19(27)12-10-17-15-23(24,25)22(29)26(17)14-7-9-18-11-13-20(31-18)21(28)30-3/h8,10-13,17,19,27H,4,7,9,14-15H2,1-3H3/b12-10+,16-8+/t17-,19-/m0/s1. The van der Waals surface area contributed by atoms with Gasteiger partial charge in [-0.15, -0.1) is 11.3 Å². The molecule has 1 aliphatic heterocycles. The second kappa shape index (κ2) is 11.2. The summed E-state index contributed by atoms with van der Waals surface area (Å²) >= 11 is 1.28. The fourth-order valence-electron chi connectivity index (χ4n) is 3.14. The van der Waals surface area contributed by atoms with Crippen LogP contribution in [0, 0.1) is 11.8 Å². The lowest BCUT2D eigenvalue weighted by molar-refractivity contribution is -0.148. The zero-order chi connectivity index (χ0) is 23.0. The summed E-state index contributed by atoms with van der Waals surface area (Å²) in [4.78, 5) is 26.2. The van der Waals surface area contributed by atoms with E-state index in [-0.39, 0.29) is 6.54 Å². The molecule has 0 aliphatic carbocycles. The number of alkyl halides is 2. The summed E-state index contributed by atoms with van der Waals surface area (Å²) in [6.07, 6.45) is 4.63. The maximum absolute atomic E-state index is 14.0. The molecule has 0 bridgehead atoms. The van der Waals surface area contributed by atoms with E-state index in [1.54, 1.807) is 25.1 Å². The van der Waals surface area contributed by atoms with E-state index in [2.05, 4.69) is 16.6 Å². The van der Waals surface area contributed by atoms with Gasteiger partial charge in [0, 0.05) is 24.3 Å². The van der Waals surface area contributed by atoms with Gasteiger partial charge in [0.25, 0.3) is 5.91 Å². The van der Waals surface area contributed by atoms with Crippen LogP contribution in [0.4, 0.5) is 8.78 Å². The number of aliphatic hydroxyl groups excluding tert-OH is 1. The van der Waals surface area contributed by atoms with Crippen LogP contribution in [0.15, 0.2) is 35.9 Å². The van der Waals surface area contributed by atoms with Gasteiger partial charge in [0.2, 0.25) is 0 Å². The van der Waals surface area contributed by atoms with E-state index < -0.39 is 36.4 Å². The molecule has 0 spiro atoms. The van der Waals surface area contributed by atoms with Crippen LogP contribution < -0.4 is 0 Å². The van der Waals surface area contributed by atoms with Gasteiger partial charge in [0.15, 0.2) is 0 Å². The maximum atomic E-state index is 14.0. The third-order valence-electron chi connectivity index (χ3n) is 4.87. The van der Waals surface area contributed by atoms with Gasteiger partial charge in [-0.1, -0.05) is 30.9 Å². The van der Waals surface area contributed by atoms with Crippen LogP contribution in [0.2, 0.25) is 0 Å². The first-order valence-corrected chi connectivity index (χ1v) is 10.9. The highest BCUT2D eigenvalue weighted by molar-refractivity contribution is 7.13. The Morgan fingerprint density at radius 1 is 1.48 bits per heavy atom. The minimum atomic E-state index is -3.42. The van der Waals surface area contributed by atoms with Crippen LogP contribution in [0.25, 0.3) is 0 Å². The summed E-state index contributed by atoms with van der Waals surface area (Å²) in [6, 6.07) is 2.66. The van der Waals surface area contributed by atoms with Crippen LogP contribution >= 0.6 is 11.3 Å². The van der Waals surface area contributed by atoms with Crippen molar-refractivity contribution in [1.82, 2.24) is 4.90 Å². The molecular formula is C23H27F2NO4S. The molecule has 1 aromatic rings. The first-order chi connectivity index (χ1) is 14.7. The predicted octanol–water partition coefficient (Wildman–Crippen LogP) is 3.98. The molecule has 1 fully saturated rings. The Morgan fingerprint density at radius 3 is 2.90 bits per heavy atom. The number of aryl methyl sites for hydroxylation is 1. The highest BCUT2D eigenvalue weighted by atomic mass is 32.1. The number of halogens is 2. The van der Waals surface area contributed by atoms with Crippen molar-refractivity contribution in [2.24, 2.45) is 0 Å². The quantitative estimate of drug-likeness (QED) is 0.369. The molecule has 1 saturated heterocycles. The van der Waals surface area contributed by atoms with E-state index >= 15 is 0 Å². The van der Waals surface area contributed by atoms with Gasteiger partial charge < -0.3 is 14.7 Å². The Labute approximate surface area is 185 Å². The van der Waals surface area contributed by atoms with Gasteiger partial charge in [-0.3, -0.25) is 4.79 Å². The monoisotopic (exact) mass is 451 g/mol. The fraction of sp³-hybridized carbons (Fsp3) is 0.478. The lowest BCUT2D eigenvalue weighted by Gasteiger charge is -2.22. The number of hydrogen-bond donors (Lipinski definition) is 1. The molecule has 8 heteroatoms. The maximum Gasteiger partial charge on any atom is 0.348 e. The third kappa shape index (κ3) is 6.74. The Kier molecular flexibility index (Phi) is 8.96. The van der Waals surface area contributed by atoms with Crippen LogP contribution in [0.5, 0.6) is 0 Å². The lowest BCUT2D eigenvalue weighted by Crippen LogP contribution is -2.36. The van der Waals surface area contributed by atoms with Gasteiger partial charge in [0.1, 0.15) is 4.88 Å². The first kappa shape index (κ1) is 24.8. The Hall–Kier alpha value is -2.50. The van der Waals surface area contributed by atoms with Crippen molar-refractivity contribution in [2.45, 2.75) is 57.6 Å². The largest absolute Gasteiger partial charge is 0.465 e. The van der Waals surface area contributed by atoms with Gasteiger partial charge >= 0.3 is 11.9 Å². The van der Waals surface area contributed by atoms with Crippen LogP contribution in [0.3, 0.4) is 0 Å². The van der Waals surface area contributed by atoms with E-state index in [9.17, 15) is 23.5 Å². The number of hydrogen-bond acceptors (Lipinski definition) is 5. The molecule has 1 aliphatic rings. The van der Waals surface area contributed by atoms with E-state index in [1.165, 1.54) is 30.6 Å². The molecule has 0 unspecified atom stereocenters. The number of ether oxygens (including phenoxy) is 1. The number of nitrogens with zero attached hydrogens (tertiary/aromatic N) is 1. The van der Waals surface area contributed by atoms with E-state index in [1.807, 2.05) is 6.92 Å². The summed E-state index contributed by atoms with van der Waals surface area (Å²) in [5.41, 5.74) is 0.596. The minimum Gasteiger partial charge on any atom is -0.465 e. The Balaban J connectivity index is 2.00. The molecule has 0 saturated carbocycles. The molecule has 31 heavy (non-hydrogen) atoms. The average molecular weight is 452 g/mol. The Bertz CT molecular complexity index is 910.